The lowest BCUT2D eigenvalue weighted by Gasteiger charge is -2.31. The maximum absolute atomic E-state index is 11.2. The Bertz CT molecular complexity index is 286. The van der Waals surface area contributed by atoms with Crippen molar-refractivity contribution in [3.63, 3.8) is 0 Å². The molecule has 0 saturated heterocycles. The number of rotatable bonds is 6. The van der Waals surface area contributed by atoms with Gasteiger partial charge in [0.25, 0.3) is 0 Å². The van der Waals surface area contributed by atoms with E-state index in [1.54, 1.807) is 0 Å². The van der Waals surface area contributed by atoms with Gasteiger partial charge in [0.15, 0.2) is 0 Å². The van der Waals surface area contributed by atoms with E-state index in [0.717, 1.165) is 30.6 Å². The molecule has 0 aliphatic heterocycles. The molecule has 116 valence electrons. The SMILES string of the molecule is CCCC1CCC(CCC2CCC(C(=O)Cl)CC2)CC1. The van der Waals surface area contributed by atoms with Gasteiger partial charge >= 0.3 is 0 Å². The molecular weight excluding hydrogens is 268 g/mol. The van der Waals surface area contributed by atoms with Crippen molar-refractivity contribution in [3.05, 3.63) is 0 Å². The van der Waals surface area contributed by atoms with Crippen LogP contribution in [0.4, 0.5) is 0 Å². The van der Waals surface area contributed by atoms with E-state index in [-0.39, 0.29) is 11.2 Å². The van der Waals surface area contributed by atoms with Gasteiger partial charge in [0.1, 0.15) is 0 Å². The molecule has 2 aliphatic rings. The maximum atomic E-state index is 11.2. The minimum absolute atomic E-state index is 0.0994. The predicted octanol–water partition coefficient (Wildman–Crippen LogP) is 5.94. The van der Waals surface area contributed by atoms with Gasteiger partial charge < -0.3 is 0 Å². The van der Waals surface area contributed by atoms with Gasteiger partial charge in [-0.1, -0.05) is 58.3 Å². The third-order valence-corrected chi connectivity index (χ3v) is 6.12. The Morgan fingerprint density at radius 3 is 1.60 bits per heavy atom. The fourth-order valence-electron chi connectivity index (χ4n) is 4.37. The lowest BCUT2D eigenvalue weighted by atomic mass is 9.75. The molecular formula is C18H31ClO. The molecule has 0 bridgehead atoms. The predicted molar refractivity (Wildman–Crippen MR) is 85.9 cm³/mol. The van der Waals surface area contributed by atoms with E-state index >= 15 is 0 Å². The highest BCUT2D eigenvalue weighted by Crippen LogP contribution is 2.37. The fourth-order valence-corrected chi connectivity index (χ4v) is 4.58. The number of hydrogen-bond acceptors (Lipinski definition) is 1. The molecule has 0 atom stereocenters. The van der Waals surface area contributed by atoms with Crippen LogP contribution in [0.25, 0.3) is 0 Å². The van der Waals surface area contributed by atoms with Crippen LogP contribution >= 0.6 is 11.6 Å². The van der Waals surface area contributed by atoms with E-state index in [4.69, 9.17) is 11.6 Å². The monoisotopic (exact) mass is 298 g/mol. The molecule has 2 heteroatoms. The van der Waals surface area contributed by atoms with Crippen LogP contribution < -0.4 is 0 Å². The lowest BCUT2D eigenvalue weighted by Crippen LogP contribution is -2.20. The van der Waals surface area contributed by atoms with Gasteiger partial charge in [0.05, 0.1) is 0 Å². The van der Waals surface area contributed by atoms with Gasteiger partial charge in [-0.15, -0.1) is 0 Å². The van der Waals surface area contributed by atoms with Gasteiger partial charge in [0.2, 0.25) is 5.24 Å². The minimum atomic E-state index is -0.0994. The Morgan fingerprint density at radius 2 is 1.20 bits per heavy atom. The highest BCUT2D eigenvalue weighted by atomic mass is 35.5. The summed E-state index contributed by atoms with van der Waals surface area (Å²) in [4.78, 5) is 11.2. The summed E-state index contributed by atoms with van der Waals surface area (Å²) < 4.78 is 0. The highest BCUT2D eigenvalue weighted by molar-refractivity contribution is 6.63. The van der Waals surface area contributed by atoms with E-state index in [0.29, 0.717) is 0 Å². The molecule has 20 heavy (non-hydrogen) atoms. The average Bonchev–Trinajstić information content (AvgIpc) is 2.47. The highest BCUT2D eigenvalue weighted by Gasteiger charge is 2.26. The summed E-state index contributed by atoms with van der Waals surface area (Å²) in [6, 6.07) is 0. The minimum Gasteiger partial charge on any atom is -0.281 e. The summed E-state index contributed by atoms with van der Waals surface area (Å²) in [5.41, 5.74) is 0. The van der Waals surface area contributed by atoms with Crippen molar-refractivity contribution in [1.29, 1.82) is 0 Å². The fraction of sp³-hybridized carbons (Fsp3) is 0.944. The maximum Gasteiger partial charge on any atom is 0.224 e. The zero-order valence-corrected chi connectivity index (χ0v) is 13.8. The Labute approximate surface area is 129 Å². The molecule has 1 nitrogen and oxygen atoms in total. The first-order chi connectivity index (χ1) is 9.69. The van der Waals surface area contributed by atoms with E-state index in [1.165, 1.54) is 64.2 Å². The quantitative estimate of drug-likeness (QED) is 0.554. The molecule has 0 spiro atoms. The van der Waals surface area contributed by atoms with Gasteiger partial charge in [-0.2, -0.15) is 0 Å². The smallest absolute Gasteiger partial charge is 0.224 e. The topological polar surface area (TPSA) is 17.1 Å². The molecule has 0 heterocycles. The summed E-state index contributed by atoms with van der Waals surface area (Å²) in [6.45, 7) is 2.31. The average molecular weight is 299 g/mol. The van der Waals surface area contributed by atoms with Gasteiger partial charge in [-0.05, 0) is 55.0 Å². The van der Waals surface area contributed by atoms with Gasteiger partial charge in [-0.25, -0.2) is 0 Å². The number of halogens is 1. The molecule has 2 fully saturated rings. The van der Waals surface area contributed by atoms with Gasteiger partial charge in [-0.3, -0.25) is 4.79 Å². The molecule has 2 aliphatic carbocycles. The lowest BCUT2D eigenvalue weighted by molar-refractivity contribution is -0.116. The van der Waals surface area contributed by atoms with Crippen molar-refractivity contribution in [1.82, 2.24) is 0 Å². The third kappa shape index (κ3) is 5.06. The first-order valence-corrected chi connectivity index (χ1v) is 9.26. The largest absolute Gasteiger partial charge is 0.281 e. The van der Waals surface area contributed by atoms with Crippen LogP contribution in [-0.2, 0) is 4.79 Å². The van der Waals surface area contributed by atoms with Crippen molar-refractivity contribution in [3.8, 4) is 0 Å². The summed E-state index contributed by atoms with van der Waals surface area (Å²) in [5.74, 6) is 3.06. The number of carbonyl (C=O) groups excluding carboxylic acids is 1. The van der Waals surface area contributed by atoms with Crippen molar-refractivity contribution in [2.24, 2.45) is 23.7 Å². The van der Waals surface area contributed by atoms with Crippen LogP contribution in [-0.4, -0.2) is 5.24 Å². The van der Waals surface area contributed by atoms with Crippen LogP contribution in [0.1, 0.15) is 84.0 Å². The molecule has 0 unspecified atom stereocenters. The molecule has 0 aromatic rings. The molecule has 2 rings (SSSR count). The zero-order valence-electron chi connectivity index (χ0n) is 13.1. The van der Waals surface area contributed by atoms with Crippen molar-refractivity contribution >= 4 is 16.8 Å². The van der Waals surface area contributed by atoms with Crippen LogP contribution in [0, 0.1) is 23.7 Å². The van der Waals surface area contributed by atoms with Crippen molar-refractivity contribution < 1.29 is 4.79 Å². The van der Waals surface area contributed by atoms with Crippen molar-refractivity contribution in [2.45, 2.75) is 84.0 Å². The van der Waals surface area contributed by atoms with E-state index < -0.39 is 0 Å². The summed E-state index contributed by atoms with van der Waals surface area (Å²) in [5, 5.41) is -0.0994. The Kier molecular flexibility index (Phi) is 6.87. The van der Waals surface area contributed by atoms with Crippen LogP contribution in [0.5, 0.6) is 0 Å². The molecule has 0 radical (unpaired) electrons. The van der Waals surface area contributed by atoms with Crippen LogP contribution in [0.3, 0.4) is 0 Å². The molecule has 0 N–H and O–H groups in total. The molecule has 0 amide bonds. The van der Waals surface area contributed by atoms with Crippen molar-refractivity contribution in [2.75, 3.05) is 0 Å². The summed E-state index contributed by atoms with van der Waals surface area (Å²) in [7, 11) is 0. The second kappa shape index (κ2) is 8.41. The van der Waals surface area contributed by atoms with Gasteiger partial charge in [0, 0.05) is 5.92 Å². The summed E-state index contributed by atoms with van der Waals surface area (Å²) >= 11 is 5.60. The normalized spacial score (nSPS) is 34.9. The second-order valence-electron chi connectivity index (χ2n) is 7.27. The third-order valence-electron chi connectivity index (χ3n) is 5.81. The second-order valence-corrected chi connectivity index (χ2v) is 7.65. The zero-order chi connectivity index (χ0) is 14.4. The van der Waals surface area contributed by atoms with E-state index in [9.17, 15) is 4.79 Å². The Hall–Kier alpha value is -0.0400. The van der Waals surface area contributed by atoms with Crippen LogP contribution in [0.2, 0.25) is 0 Å². The molecule has 0 aromatic heterocycles. The summed E-state index contributed by atoms with van der Waals surface area (Å²) in [6.07, 6.45) is 16.1. The molecule has 0 aromatic carbocycles. The van der Waals surface area contributed by atoms with Crippen LogP contribution in [0.15, 0.2) is 0 Å². The number of carbonyl (C=O) groups is 1. The number of hydrogen-bond donors (Lipinski definition) is 0. The standard InChI is InChI=1S/C18H31ClO/c1-2-3-14-4-6-15(7-5-14)8-9-16-10-12-17(13-11-16)18(19)20/h14-17H,2-13H2,1H3. The van der Waals surface area contributed by atoms with E-state index in [1.807, 2.05) is 0 Å². The Morgan fingerprint density at radius 1 is 0.800 bits per heavy atom. The molecule has 2 saturated carbocycles. The Balaban J connectivity index is 1.59. The first kappa shape index (κ1) is 16.3. The van der Waals surface area contributed by atoms with E-state index in [2.05, 4.69) is 6.92 Å². The first-order valence-electron chi connectivity index (χ1n) is 8.88.